The summed E-state index contributed by atoms with van der Waals surface area (Å²) >= 11 is 0. The molecule has 5 heteroatoms. The Morgan fingerprint density at radius 2 is 1.84 bits per heavy atom. The highest BCUT2D eigenvalue weighted by Crippen LogP contribution is 2.22. The summed E-state index contributed by atoms with van der Waals surface area (Å²) < 4.78 is 0. The molecule has 1 rings (SSSR count). The molecule has 0 aliphatic heterocycles. The Kier molecular flexibility index (Phi) is 9.59. The van der Waals surface area contributed by atoms with E-state index in [0.717, 1.165) is 18.5 Å². The van der Waals surface area contributed by atoms with E-state index in [1.165, 1.54) is 11.1 Å². The standard InChI is InChI=1S/C14H23N3O.HI/c1-3-11-7-5-8-12(4-2)13(11)17-14(15)16-9-6-10-18;/h5,7-8,18H,3-4,6,9-10H2,1-2H3,(H3,15,16,17);1H. The van der Waals surface area contributed by atoms with Gasteiger partial charge < -0.3 is 16.2 Å². The predicted molar refractivity (Wildman–Crippen MR) is 92.4 cm³/mol. The van der Waals surface area contributed by atoms with E-state index in [1.54, 1.807) is 0 Å². The lowest BCUT2D eigenvalue weighted by Crippen LogP contribution is -2.24. The van der Waals surface area contributed by atoms with E-state index in [4.69, 9.17) is 10.8 Å². The van der Waals surface area contributed by atoms with Gasteiger partial charge in [-0.2, -0.15) is 0 Å². The largest absolute Gasteiger partial charge is 0.396 e. The first-order valence-corrected chi connectivity index (χ1v) is 6.51. The lowest BCUT2D eigenvalue weighted by atomic mass is 10.0. The fourth-order valence-corrected chi connectivity index (χ4v) is 1.84. The summed E-state index contributed by atoms with van der Waals surface area (Å²) in [6.07, 6.45) is 2.55. The first-order valence-electron chi connectivity index (χ1n) is 6.51. The number of nitrogens with zero attached hydrogens (tertiary/aromatic N) is 1. The first kappa shape index (κ1) is 18.2. The van der Waals surface area contributed by atoms with Gasteiger partial charge in [-0.3, -0.25) is 4.99 Å². The van der Waals surface area contributed by atoms with Crippen molar-refractivity contribution in [2.75, 3.05) is 18.5 Å². The molecule has 0 atom stereocenters. The van der Waals surface area contributed by atoms with Crippen molar-refractivity contribution in [3.63, 3.8) is 0 Å². The smallest absolute Gasteiger partial charge is 0.193 e. The van der Waals surface area contributed by atoms with Gasteiger partial charge in [0.2, 0.25) is 0 Å². The predicted octanol–water partition coefficient (Wildman–Crippen LogP) is 2.54. The molecular formula is C14H24IN3O. The van der Waals surface area contributed by atoms with Gasteiger partial charge in [0.1, 0.15) is 0 Å². The van der Waals surface area contributed by atoms with E-state index in [9.17, 15) is 0 Å². The first-order chi connectivity index (χ1) is 8.72. The van der Waals surface area contributed by atoms with Gasteiger partial charge in [0.05, 0.1) is 0 Å². The summed E-state index contributed by atoms with van der Waals surface area (Å²) in [5.74, 6) is 0.416. The van der Waals surface area contributed by atoms with Crippen molar-refractivity contribution in [2.45, 2.75) is 33.1 Å². The lowest BCUT2D eigenvalue weighted by molar-refractivity contribution is 0.291. The van der Waals surface area contributed by atoms with Crippen LogP contribution in [0.4, 0.5) is 5.69 Å². The highest BCUT2D eigenvalue weighted by Gasteiger charge is 2.06. The van der Waals surface area contributed by atoms with E-state index in [1.807, 2.05) is 0 Å². The third-order valence-electron chi connectivity index (χ3n) is 2.85. The molecule has 0 amide bonds. The van der Waals surface area contributed by atoms with Crippen LogP contribution in [-0.4, -0.2) is 24.2 Å². The van der Waals surface area contributed by atoms with Crippen LogP contribution < -0.4 is 11.1 Å². The molecule has 0 heterocycles. The van der Waals surface area contributed by atoms with Gasteiger partial charge in [-0.05, 0) is 30.4 Å². The van der Waals surface area contributed by atoms with Crippen LogP contribution in [0.3, 0.4) is 0 Å². The number of aliphatic hydroxyl groups is 1. The molecule has 0 aliphatic carbocycles. The van der Waals surface area contributed by atoms with Crippen LogP contribution in [0.25, 0.3) is 0 Å². The minimum Gasteiger partial charge on any atom is -0.396 e. The Morgan fingerprint density at radius 3 is 2.32 bits per heavy atom. The quantitative estimate of drug-likeness (QED) is 0.309. The van der Waals surface area contributed by atoms with Gasteiger partial charge in [0.15, 0.2) is 5.96 Å². The number of aliphatic hydroxyl groups excluding tert-OH is 1. The van der Waals surface area contributed by atoms with Crippen molar-refractivity contribution in [2.24, 2.45) is 10.7 Å². The average molecular weight is 377 g/mol. The Balaban J connectivity index is 0.00000324. The minimum absolute atomic E-state index is 0. The summed E-state index contributed by atoms with van der Waals surface area (Å²) in [7, 11) is 0. The molecule has 0 bridgehead atoms. The molecular weight excluding hydrogens is 353 g/mol. The topological polar surface area (TPSA) is 70.6 Å². The van der Waals surface area contributed by atoms with Crippen LogP contribution in [0, 0.1) is 0 Å². The number of nitrogens with two attached hydrogens (primary N) is 1. The number of nitrogens with one attached hydrogen (secondary N) is 1. The van der Waals surface area contributed by atoms with Gasteiger partial charge in [0, 0.05) is 18.8 Å². The summed E-state index contributed by atoms with van der Waals surface area (Å²) in [6.45, 7) is 4.94. The summed E-state index contributed by atoms with van der Waals surface area (Å²) in [5, 5.41) is 11.9. The van der Waals surface area contributed by atoms with Crippen molar-refractivity contribution < 1.29 is 5.11 Å². The van der Waals surface area contributed by atoms with Crippen LogP contribution in [-0.2, 0) is 12.8 Å². The van der Waals surface area contributed by atoms with Gasteiger partial charge in [-0.25, -0.2) is 0 Å². The summed E-state index contributed by atoms with van der Waals surface area (Å²) in [6, 6.07) is 6.27. The Hall–Kier alpha value is -0.820. The number of aryl methyl sites for hydroxylation is 2. The van der Waals surface area contributed by atoms with Gasteiger partial charge in [0.25, 0.3) is 0 Å². The highest BCUT2D eigenvalue weighted by atomic mass is 127. The maximum absolute atomic E-state index is 8.70. The monoisotopic (exact) mass is 377 g/mol. The highest BCUT2D eigenvalue weighted by molar-refractivity contribution is 14.0. The fraction of sp³-hybridized carbons (Fsp3) is 0.500. The van der Waals surface area contributed by atoms with E-state index in [-0.39, 0.29) is 30.6 Å². The molecule has 1 aromatic carbocycles. The molecule has 0 aromatic heterocycles. The van der Waals surface area contributed by atoms with Gasteiger partial charge in [-0.1, -0.05) is 32.0 Å². The molecule has 19 heavy (non-hydrogen) atoms. The van der Waals surface area contributed by atoms with Crippen LogP contribution in [0.2, 0.25) is 0 Å². The Bertz CT molecular complexity index is 385. The van der Waals surface area contributed by atoms with E-state index >= 15 is 0 Å². The van der Waals surface area contributed by atoms with Crippen molar-refractivity contribution in [1.29, 1.82) is 0 Å². The molecule has 0 fully saturated rings. The molecule has 0 aliphatic rings. The molecule has 0 radical (unpaired) electrons. The minimum atomic E-state index is 0. The average Bonchev–Trinajstić information content (AvgIpc) is 2.39. The van der Waals surface area contributed by atoms with Crippen molar-refractivity contribution in [3.05, 3.63) is 29.3 Å². The third kappa shape index (κ3) is 5.78. The second-order valence-corrected chi connectivity index (χ2v) is 4.13. The van der Waals surface area contributed by atoms with Crippen molar-refractivity contribution >= 4 is 35.6 Å². The molecule has 4 N–H and O–H groups in total. The van der Waals surface area contributed by atoms with E-state index in [2.05, 4.69) is 42.4 Å². The zero-order valence-corrected chi connectivity index (χ0v) is 14.0. The maximum Gasteiger partial charge on any atom is 0.193 e. The van der Waals surface area contributed by atoms with Crippen LogP contribution in [0.5, 0.6) is 0 Å². The SMILES string of the molecule is CCc1cccc(CC)c1NC(N)=NCCCO.I. The fourth-order valence-electron chi connectivity index (χ4n) is 1.84. The van der Waals surface area contributed by atoms with Crippen molar-refractivity contribution in [3.8, 4) is 0 Å². The lowest BCUT2D eigenvalue weighted by Gasteiger charge is -2.14. The number of rotatable bonds is 6. The molecule has 0 spiro atoms. The number of hydrogen-bond donors (Lipinski definition) is 3. The summed E-state index contributed by atoms with van der Waals surface area (Å²) in [5.41, 5.74) is 9.42. The second kappa shape index (κ2) is 10.0. The van der Waals surface area contributed by atoms with Gasteiger partial charge >= 0.3 is 0 Å². The number of para-hydroxylation sites is 1. The van der Waals surface area contributed by atoms with Crippen molar-refractivity contribution in [1.82, 2.24) is 0 Å². The Morgan fingerprint density at radius 1 is 1.26 bits per heavy atom. The molecule has 0 saturated heterocycles. The van der Waals surface area contributed by atoms with Gasteiger partial charge in [-0.15, -0.1) is 24.0 Å². The molecule has 1 aromatic rings. The third-order valence-corrected chi connectivity index (χ3v) is 2.85. The molecule has 108 valence electrons. The van der Waals surface area contributed by atoms with E-state index in [0.29, 0.717) is 18.9 Å². The normalized spacial score (nSPS) is 11.0. The van der Waals surface area contributed by atoms with Crippen LogP contribution in [0.1, 0.15) is 31.4 Å². The zero-order chi connectivity index (χ0) is 13.4. The van der Waals surface area contributed by atoms with Crippen LogP contribution >= 0.6 is 24.0 Å². The molecule has 0 saturated carbocycles. The molecule has 4 nitrogen and oxygen atoms in total. The number of halogens is 1. The maximum atomic E-state index is 8.70. The zero-order valence-electron chi connectivity index (χ0n) is 11.6. The molecule has 0 unspecified atom stereocenters. The number of hydrogen-bond acceptors (Lipinski definition) is 2. The van der Waals surface area contributed by atoms with E-state index < -0.39 is 0 Å². The number of guanidine groups is 1. The number of aliphatic imine (C=N–C) groups is 1. The van der Waals surface area contributed by atoms with Crippen LogP contribution in [0.15, 0.2) is 23.2 Å². The summed E-state index contributed by atoms with van der Waals surface area (Å²) in [4.78, 5) is 4.18. The second-order valence-electron chi connectivity index (χ2n) is 4.13. The Labute approximate surface area is 132 Å². The number of anilines is 1. The number of benzene rings is 1.